The third-order valence-electron chi connectivity index (χ3n) is 1.95. The number of aromatic nitrogens is 3. The summed E-state index contributed by atoms with van der Waals surface area (Å²) < 4.78 is 0. The van der Waals surface area contributed by atoms with E-state index in [2.05, 4.69) is 15.0 Å². The Balaban J connectivity index is 2.81. The Labute approximate surface area is 75.8 Å². The minimum absolute atomic E-state index is 0.616. The lowest BCUT2D eigenvalue weighted by atomic mass is 10.3. The number of anilines is 1. The lowest BCUT2D eigenvalue weighted by molar-refractivity contribution is 1.08. The van der Waals surface area contributed by atoms with Crippen LogP contribution in [0.4, 0.5) is 5.69 Å². The molecule has 66 valence electrons. The van der Waals surface area contributed by atoms with Crippen LogP contribution in [0.3, 0.4) is 0 Å². The quantitative estimate of drug-likeness (QED) is 0.652. The van der Waals surface area contributed by atoms with E-state index in [1.807, 2.05) is 13.8 Å². The number of pyridine rings is 1. The van der Waals surface area contributed by atoms with Gasteiger partial charge in [0.25, 0.3) is 0 Å². The molecule has 0 radical (unpaired) electrons. The first-order chi connectivity index (χ1) is 6.16. The Morgan fingerprint density at radius 2 is 1.85 bits per heavy atom. The molecule has 4 nitrogen and oxygen atoms in total. The molecule has 0 saturated carbocycles. The summed E-state index contributed by atoms with van der Waals surface area (Å²) in [5, 5.41) is 0. The molecule has 2 heterocycles. The van der Waals surface area contributed by atoms with E-state index in [-0.39, 0.29) is 0 Å². The highest BCUT2D eigenvalue weighted by Gasteiger charge is 2.01. The van der Waals surface area contributed by atoms with Crippen LogP contribution in [0.25, 0.3) is 11.2 Å². The maximum atomic E-state index is 5.58. The molecule has 0 aliphatic heterocycles. The van der Waals surface area contributed by atoms with Crippen molar-refractivity contribution in [2.24, 2.45) is 0 Å². The van der Waals surface area contributed by atoms with Crippen LogP contribution < -0.4 is 5.73 Å². The van der Waals surface area contributed by atoms with Crippen LogP contribution in [-0.2, 0) is 0 Å². The number of nitrogen functional groups attached to an aromatic ring is 1. The molecule has 0 bridgehead atoms. The third kappa shape index (κ3) is 1.30. The van der Waals surface area contributed by atoms with Gasteiger partial charge in [-0.1, -0.05) is 0 Å². The van der Waals surface area contributed by atoms with Crippen LogP contribution in [0.2, 0.25) is 0 Å². The summed E-state index contributed by atoms with van der Waals surface area (Å²) >= 11 is 0. The smallest absolute Gasteiger partial charge is 0.178 e. The van der Waals surface area contributed by atoms with Crippen LogP contribution in [0.1, 0.15) is 11.4 Å². The van der Waals surface area contributed by atoms with Gasteiger partial charge in [0.15, 0.2) is 5.65 Å². The zero-order valence-electron chi connectivity index (χ0n) is 7.57. The summed E-state index contributed by atoms with van der Waals surface area (Å²) in [6, 6.07) is 1.78. The Morgan fingerprint density at radius 1 is 1.15 bits per heavy atom. The lowest BCUT2D eigenvalue weighted by Gasteiger charge is -2.01. The molecule has 0 amide bonds. The van der Waals surface area contributed by atoms with E-state index in [1.165, 1.54) is 0 Å². The van der Waals surface area contributed by atoms with Gasteiger partial charge in [0.1, 0.15) is 5.52 Å². The van der Waals surface area contributed by atoms with Gasteiger partial charge >= 0.3 is 0 Å². The summed E-state index contributed by atoms with van der Waals surface area (Å²) in [6.45, 7) is 3.84. The van der Waals surface area contributed by atoms with Crippen molar-refractivity contribution in [2.75, 3.05) is 5.73 Å². The van der Waals surface area contributed by atoms with Crippen molar-refractivity contribution in [1.29, 1.82) is 0 Å². The van der Waals surface area contributed by atoms with Gasteiger partial charge in [-0.25, -0.2) is 15.0 Å². The molecule has 2 rings (SSSR count). The molecule has 0 unspecified atom stereocenters. The number of fused-ring (bicyclic) bond motifs is 1. The predicted molar refractivity (Wildman–Crippen MR) is 51.2 cm³/mol. The summed E-state index contributed by atoms with van der Waals surface area (Å²) in [5.74, 6) is 0. The van der Waals surface area contributed by atoms with Gasteiger partial charge in [-0.05, 0) is 19.9 Å². The normalized spacial score (nSPS) is 10.6. The number of hydrogen-bond acceptors (Lipinski definition) is 4. The van der Waals surface area contributed by atoms with E-state index >= 15 is 0 Å². The maximum Gasteiger partial charge on any atom is 0.178 e. The lowest BCUT2D eigenvalue weighted by Crippen LogP contribution is -1.96. The number of nitrogens with two attached hydrogens (primary N) is 1. The van der Waals surface area contributed by atoms with E-state index in [0.717, 1.165) is 16.9 Å². The molecule has 2 N–H and O–H groups in total. The Bertz CT molecular complexity index is 464. The molecule has 13 heavy (non-hydrogen) atoms. The molecule has 4 heteroatoms. The van der Waals surface area contributed by atoms with E-state index in [9.17, 15) is 0 Å². The average Bonchev–Trinajstić information content (AvgIpc) is 2.08. The van der Waals surface area contributed by atoms with Crippen molar-refractivity contribution in [3.05, 3.63) is 23.7 Å². The molecule has 0 fully saturated rings. The van der Waals surface area contributed by atoms with Crippen molar-refractivity contribution in [3.8, 4) is 0 Å². The van der Waals surface area contributed by atoms with Crippen LogP contribution in [0.5, 0.6) is 0 Å². The summed E-state index contributed by atoms with van der Waals surface area (Å²) in [5.41, 5.74) is 9.42. The molecule has 0 atom stereocenters. The van der Waals surface area contributed by atoms with E-state index in [4.69, 9.17) is 5.73 Å². The van der Waals surface area contributed by atoms with E-state index in [1.54, 1.807) is 12.3 Å². The van der Waals surface area contributed by atoms with Gasteiger partial charge in [-0.3, -0.25) is 0 Å². The van der Waals surface area contributed by atoms with E-state index < -0.39 is 0 Å². The fourth-order valence-electron chi connectivity index (χ4n) is 1.13. The molecular weight excluding hydrogens is 164 g/mol. The van der Waals surface area contributed by atoms with Crippen molar-refractivity contribution in [1.82, 2.24) is 15.0 Å². The molecule has 0 aromatic carbocycles. The molecule has 2 aromatic rings. The topological polar surface area (TPSA) is 64.7 Å². The monoisotopic (exact) mass is 174 g/mol. The van der Waals surface area contributed by atoms with Gasteiger partial charge in [-0.2, -0.15) is 0 Å². The second kappa shape index (κ2) is 2.65. The fourth-order valence-corrected chi connectivity index (χ4v) is 1.13. The zero-order chi connectivity index (χ0) is 9.42. The standard InChI is InChI=1S/C9H10N4/c1-5-6(2)13-9-8(12-5)3-7(10)4-11-9/h3-4H,10H2,1-2H3. The molecule has 0 spiro atoms. The Hall–Kier alpha value is -1.71. The van der Waals surface area contributed by atoms with Crippen molar-refractivity contribution in [3.63, 3.8) is 0 Å². The number of rotatable bonds is 0. The van der Waals surface area contributed by atoms with Gasteiger partial charge in [0.05, 0.1) is 23.3 Å². The molecule has 0 aliphatic carbocycles. The average molecular weight is 174 g/mol. The first-order valence-electron chi connectivity index (χ1n) is 4.03. The summed E-state index contributed by atoms with van der Waals surface area (Å²) in [7, 11) is 0. The highest BCUT2D eigenvalue weighted by Crippen LogP contribution is 2.12. The fraction of sp³-hybridized carbons (Fsp3) is 0.222. The molecule has 2 aromatic heterocycles. The highest BCUT2D eigenvalue weighted by atomic mass is 14.9. The van der Waals surface area contributed by atoms with Crippen molar-refractivity contribution in [2.45, 2.75) is 13.8 Å². The van der Waals surface area contributed by atoms with Crippen LogP contribution >= 0.6 is 0 Å². The number of hydrogen-bond donors (Lipinski definition) is 1. The zero-order valence-corrected chi connectivity index (χ0v) is 7.57. The summed E-state index contributed by atoms with van der Waals surface area (Å²) in [4.78, 5) is 12.7. The first kappa shape index (κ1) is 7.91. The number of nitrogens with zero attached hydrogens (tertiary/aromatic N) is 3. The van der Waals surface area contributed by atoms with Crippen molar-refractivity contribution < 1.29 is 0 Å². The number of aryl methyl sites for hydroxylation is 2. The van der Waals surface area contributed by atoms with Gasteiger partial charge in [0, 0.05) is 0 Å². The minimum Gasteiger partial charge on any atom is -0.397 e. The van der Waals surface area contributed by atoms with Gasteiger partial charge < -0.3 is 5.73 Å². The maximum absolute atomic E-state index is 5.58. The van der Waals surface area contributed by atoms with Gasteiger partial charge in [-0.15, -0.1) is 0 Å². The molecule has 0 aliphatic rings. The van der Waals surface area contributed by atoms with Gasteiger partial charge in [0.2, 0.25) is 0 Å². The Kier molecular flexibility index (Phi) is 1.62. The largest absolute Gasteiger partial charge is 0.397 e. The minimum atomic E-state index is 0.616. The summed E-state index contributed by atoms with van der Waals surface area (Å²) in [6.07, 6.45) is 1.59. The van der Waals surface area contributed by atoms with E-state index in [0.29, 0.717) is 11.3 Å². The SMILES string of the molecule is Cc1nc2cc(N)cnc2nc1C. The second-order valence-corrected chi connectivity index (χ2v) is 3.01. The van der Waals surface area contributed by atoms with Crippen LogP contribution in [-0.4, -0.2) is 15.0 Å². The van der Waals surface area contributed by atoms with Crippen LogP contribution in [0, 0.1) is 13.8 Å². The molecule has 0 saturated heterocycles. The molecular formula is C9H10N4. The second-order valence-electron chi connectivity index (χ2n) is 3.01. The first-order valence-corrected chi connectivity index (χ1v) is 4.03. The highest BCUT2D eigenvalue weighted by molar-refractivity contribution is 5.73. The van der Waals surface area contributed by atoms with Crippen LogP contribution in [0.15, 0.2) is 12.3 Å². The predicted octanol–water partition coefficient (Wildman–Crippen LogP) is 1.22. The van der Waals surface area contributed by atoms with Crippen molar-refractivity contribution >= 4 is 16.9 Å². The Morgan fingerprint density at radius 3 is 2.62 bits per heavy atom. The third-order valence-corrected chi connectivity index (χ3v) is 1.95.